The fourth-order valence-corrected chi connectivity index (χ4v) is 2.67. The monoisotopic (exact) mass is 148 g/mol. The van der Waals surface area contributed by atoms with Gasteiger partial charge in [-0.1, -0.05) is 30.2 Å². The molecule has 0 radical (unpaired) electrons. The van der Waals surface area contributed by atoms with E-state index in [1.165, 1.54) is 12.8 Å². The largest absolute Gasteiger partial charge is 0.0879 e. The Hall–Kier alpha value is -0.520. The highest BCUT2D eigenvalue weighted by Gasteiger charge is 2.45. The summed E-state index contributed by atoms with van der Waals surface area (Å²) in [5.74, 6) is 0.868. The molecule has 11 heavy (non-hydrogen) atoms. The lowest BCUT2D eigenvalue weighted by Crippen LogP contribution is -2.40. The van der Waals surface area contributed by atoms with Gasteiger partial charge in [-0.25, -0.2) is 0 Å². The Balaban J connectivity index is 2.36. The average Bonchev–Trinajstić information content (AvgIpc) is 2.04. The molecule has 0 nitrogen and oxygen atoms in total. The first-order chi connectivity index (χ1) is 5.16. The maximum Gasteiger partial charge on any atom is -0.00137 e. The molecular formula is C11H16. The van der Waals surface area contributed by atoms with Crippen molar-refractivity contribution in [2.24, 2.45) is 11.3 Å². The van der Waals surface area contributed by atoms with Gasteiger partial charge in [-0.15, -0.1) is 0 Å². The first-order valence-electron chi connectivity index (χ1n) is 4.49. The molecule has 0 aromatic rings. The van der Waals surface area contributed by atoms with Gasteiger partial charge in [-0.3, -0.25) is 0 Å². The fourth-order valence-electron chi connectivity index (χ4n) is 2.67. The Morgan fingerprint density at radius 2 is 2.09 bits per heavy atom. The number of rotatable bonds is 0. The van der Waals surface area contributed by atoms with Crippen molar-refractivity contribution in [2.75, 3.05) is 0 Å². The smallest absolute Gasteiger partial charge is 0.00137 e. The molecular weight excluding hydrogens is 132 g/mol. The SMILES string of the molecule is CC1=C(C)C2(C)CC=CCC12. The molecule has 0 spiro atoms. The van der Waals surface area contributed by atoms with Gasteiger partial charge in [0.25, 0.3) is 0 Å². The summed E-state index contributed by atoms with van der Waals surface area (Å²) in [6.45, 7) is 7.00. The van der Waals surface area contributed by atoms with E-state index in [1.54, 1.807) is 11.1 Å². The predicted molar refractivity (Wildman–Crippen MR) is 48.3 cm³/mol. The predicted octanol–water partition coefficient (Wildman–Crippen LogP) is 3.31. The summed E-state index contributed by atoms with van der Waals surface area (Å²) >= 11 is 0. The zero-order valence-corrected chi connectivity index (χ0v) is 7.65. The van der Waals surface area contributed by atoms with E-state index >= 15 is 0 Å². The van der Waals surface area contributed by atoms with Crippen LogP contribution in [0.4, 0.5) is 0 Å². The zero-order valence-electron chi connectivity index (χ0n) is 7.65. The highest BCUT2D eigenvalue weighted by Crippen LogP contribution is 2.56. The van der Waals surface area contributed by atoms with E-state index in [-0.39, 0.29) is 0 Å². The van der Waals surface area contributed by atoms with Crippen molar-refractivity contribution in [3.8, 4) is 0 Å². The summed E-state index contributed by atoms with van der Waals surface area (Å²) in [4.78, 5) is 0. The van der Waals surface area contributed by atoms with Crippen LogP contribution in [0, 0.1) is 11.3 Å². The van der Waals surface area contributed by atoms with Crippen LogP contribution in [0.25, 0.3) is 0 Å². The molecule has 60 valence electrons. The standard InChI is InChI=1S/C11H16/c1-8-9(2)11(3)7-5-4-6-10(8)11/h4-5,10H,6-7H2,1-3H3. The van der Waals surface area contributed by atoms with Crippen LogP contribution >= 0.6 is 0 Å². The summed E-state index contributed by atoms with van der Waals surface area (Å²) in [5, 5.41) is 0. The average molecular weight is 148 g/mol. The molecule has 2 atom stereocenters. The molecule has 0 saturated carbocycles. The highest BCUT2D eigenvalue weighted by molar-refractivity contribution is 5.37. The fraction of sp³-hybridized carbons (Fsp3) is 0.636. The van der Waals surface area contributed by atoms with Crippen molar-refractivity contribution in [3.05, 3.63) is 23.3 Å². The molecule has 0 aromatic heterocycles. The maximum absolute atomic E-state index is 2.41. The first kappa shape index (κ1) is 7.15. The molecule has 0 amide bonds. The van der Waals surface area contributed by atoms with Crippen LogP contribution in [0.5, 0.6) is 0 Å². The van der Waals surface area contributed by atoms with Crippen molar-refractivity contribution < 1.29 is 0 Å². The molecule has 2 unspecified atom stereocenters. The van der Waals surface area contributed by atoms with Gasteiger partial charge in [0, 0.05) is 0 Å². The molecule has 0 fully saturated rings. The minimum absolute atomic E-state index is 0.541. The summed E-state index contributed by atoms with van der Waals surface area (Å²) < 4.78 is 0. The van der Waals surface area contributed by atoms with Crippen molar-refractivity contribution >= 4 is 0 Å². The van der Waals surface area contributed by atoms with Crippen molar-refractivity contribution in [1.29, 1.82) is 0 Å². The van der Waals surface area contributed by atoms with Crippen molar-refractivity contribution in [1.82, 2.24) is 0 Å². The lowest BCUT2D eigenvalue weighted by Gasteiger charge is -2.51. The number of fused-ring (bicyclic) bond motifs is 1. The van der Waals surface area contributed by atoms with Gasteiger partial charge >= 0.3 is 0 Å². The minimum atomic E-state index is 0.541. The van der Waals surface area contributed by atoms with Gasteiger partial charge in [-0.05, 0) is 38.0 Å². The Kier molecular flexibility index (Phi) is 1.30. The molecule has 0 saturated heterocycles. The van der Waals surface area contributed by atoms with Crippen molar-refractivity contribution in [3.63, 3.8) is 0 Å². The summed E-state index contributed by atoms with van der Waals surface area (Å²) in [5.41, 5.74) is 3.84. The quantitative estimate of drug-likeness (QED) is 0.462. The second-order valence-corrected chi connectivity index (χ2v) is 4.19. The van der Waals surface area contributed by atoms with Gasteiger partial charge < -0.3 is 0 Å². The van der Waals surface area contributed by atoms with Crippen LogP contribution < -0.4 is 0 Å². The molecule has 0 heteroatoms. The molecule has 2 aliphatic carbocycles. The van der Waals surface area contributed by atoms with Gasteiger partial charge in [0.1, 0.15) is 0 Å². The highest BCUT2D eigenvalue weighted by atomic mass is 14.5. The van der Waals surface area contributed by atoms with Crippen LogP contribution in [-0.2, 0) is 0 Å². The van der Waals surface area contributed by atoms with E-state index in [2.05, 4.69) is 32.9 Å². The van der Waals surface area contributed by atoms with E-state index in [1.807, 2.05) is 0 Å². The Morgan fingerprint density at radius 3 is 2.73 bits per heavy atom. The van der Waals surface area contributed by atoms with Crippen molar-refractivity contribution in [2.45, 2.75) is 33.6 Å². The number of hydrogen-bond acceptors (Lipinski definition) is 0. The molecule has 2 rings (SSSR count). The van der Waals surface area contributed by atoms with Crippen LogP contribution in [0.3, 0.4) is 0 Å². The van der Waals surface area contributed by atoms with E-state index in [0.29, 0.717) is 5.41 Å². The minimum Gasteiger partial charge on any atom is -0.0879 e. The third-order valence-electron chi connectivity index (χ3n) is 3.82. The van der Waals surface area contributed by atoms with E-state index in [0.717, 1.165) is 5.92 Å². The molecule has 2 aliphatic rings. The number of allylic oxidation sites excluding steroid dienone is 4. The summed E-state index contributed by atoms with van der Waals surface area (Å²) in [6.07, 6.45) is 7.22. The molecule has 0 bridgehead atoms. The van der Waals surface area contributed by atoms with E-state index in [9.17, 15) is 0 Å². The molecule has 0 N–H and O–H groups in total. The van der Waals surface area contributed by atoms with Gasteiger partial charge in [0.05, 0.1) is 0 Å². The van der Waals surface area contributed by atoms with E-state index in [4.69, 9.17) is 0 Å². The van der Waals surface area contributed by atoms with Gasteiger partial charge in [-0.2, -0.15) is 0 Å². The first-order valence-corrected chi connectivity index (χ1v) is 4.49. The summed E-state index contributed by atoms with van der Waals surface area (Å²) in [6, 6.07) is 0. The van der Waals surface area contributed by atoms with Crippen LogP contribution in [0.2, 0.25) is 0 Å². The third kappa shape index (κ3) is 0.702. The Labute approximate surface area is 69.0 Å². The lowest BCUT2D eigenvalue weighted by atomic mass is 9.54. The van der Waals surface area contributed by atoms with Crippen LogP contribution in [0.1, 0.15) is 33.6 Å². The Bertz CT molecular complexity index is 245. The zero-order chi connectivity index (χ0) is 8.06. The van der Waals surface area contributed by atoms with Crippen LogP contribution in [0.15, 0.2) is 23.3 Å². The normalized spacial score (nSPS) is 41.9. The van der Waals surface area contributed by atoms with Gasteiger partial charge in [0.2, 0.25) is 0 Å². The lowest BCUT2D eigenvalue weighted by molar-refractivity contribution is 0.209. The Morgan fingerprint density at radius 1 is 1.36 bits per heavy atom. The second-order valence-electron chi connectivity index (χ2n) is 4.19. The third-order valence-corrected chi connectivity index (χ3v) is 3.82. The van der Waals surface area contributed by atoms with E-state index < -0.39 is 0 Å². The molecule has 0 aliphatic heterocycles. The maximum atomic E-state index is 2.41. The van der Waals surface area contributed by atoms with Crippen LogP contribution in [-0.4, -0.2) is 0 Å². The van der Waals surface area contributed by atoms with Gasteiger partial charge in [0.15, 0.2) is 0 Å². The number of hydrogen-bond donors (Lipinski definition) is 0. The molecule has 0 aromatic carbocycles. The molecule has 0 heterocycles. The summed E-state index contributed by atoms with van der Waals surface area (Å²) in [7, 11) is 0. The second kappa shape index (κ2) is 2.00. The topological polar surface area (TPSA) is 0 Å².